The first kappa shape index (κ1) is 21.1. The summed E-state index contributed by atoms with van der Waals surface area (Å²) in [6.07, 6.45) is 7.53. The molecule has 3 aromatic rings. The highest BCUT2D eigenvalue weighted by atomic mass is 16.1. The molecule has 0 atom stereocenters. The van der Waals surface area contributed by atoms with Crippen molar-refractivity contribution in [1.82, 2.24) is 14.5 Å². The molecule has 0 saturated carbocycles. The van der Waals surface area contributed by atoms with E-state index in [0.717, 1.165) is 38.2 Å². The molecule has 31 heavy (non-hydrogen) atoms. The van der Waals surface area contributed by atoms with Gasteiger partial charge < -0.3 is 5.32 Å². The molecule has 0 aliphatic carbocycles. The Balaban J connectivity index is 1.36. The van der Waals surface area contributed by atoms with Gasteiger partial charge in [-0.3, -0.25) is 14.3 Å². The second-order valence-electron chi connectivity index (χ2n) is 8.14. The van der Waals surface area contributed by atoms with Gasteiger partial charge in [-0.15, -0.1) is 0 Å². The number of nitrogens with zero attached hydrogens (tertiary/aromatic N) is 3. The average molecular weight is 410 g/mol. The van der Waals surface area contributed by atoms with E-state index in [-0.39, 0.29) is 11.6 Å². The van der Waals surface area contributed by atoms with Crippen LogP contribution in [0, 0.1) is 0 Å². The topological polar surface area (TPSA) is 50.2 Å². The number of hydrogen-bond acceptors (Lipinski definition) is 4. The highest BCUT2D eigenvalue weighted by molar-refractivity contribution is 6.32. The Labute approximate surface area is 184 Å². The molecule has 0 bridgehead atoms. The zero-order chi connectivity index (χ0) is 21.6. The van der Waals surface area contributed by atoms with Gasteiger partial charge in [-0.05, 0) is 37.5 Å². The van der Waals surface area contributed by atoms with Crippen LogP contribution in [0.2, 0.25) is 0 Å². The lowest BCUT2D eigenvalue weighted by molar-refractivity contribution is 0.236. The summed E-state index contributed by atoms with van der Waals surface area (Å²) in [5.41, 5.74) is 3.80. The monoisotopic (exact) mass is 410 g/mol. The number of piperidine rings is 1. The number of anilines is 1. The van der Waals surface area contributed by atoms with Crippen molar-refractivity contribution in [3.63, 3.8) is 0 Å². The van der Waals surface area contributed by atoms with Crippen molar-refractivity contribution >= 4 is 25.2 Å². The van der Waals surface area contributed by atoms with Gasteiger partial charge in [0.15, 0.2) is 5.82 Å². The predicted molar refractivity (Wildman–Crippen MR) is 128 cm³/mol. The van der Waals surface area contributed by atoms with Crippen molar-refractivity contribution in [3.8, 4) is 5.69 Å². The Hall–Kier alpha value is -3.12. The van der Waals surface area contributed by atoms with Gasteiger partial charge in [-0.2, -0.15) is 0 Å². The van der Waals surface area contributed by atoms with Crippen molar-refractivity contribution in [2.45, 2.75) is 25.8 Å². The van der Waals surface area contributed by atoms with Gasteiger partial charge in [0.2, 0.25) is 0 Å². The highest BCUT2D eigenvalue weighted by Gasteiger charge is 2.20. The summed E-state index contributed by atoms with van der Waals surface area (Å²) in [6, 6.07) is 18.0. The molecular weight excluding hydrogens is 383 g/mol. The number of likely N-dealkylation sites (tertiary alicyclic amines) is 1. The lowest BCUT2D eigenvalue weighted by Crippen LogP contribution is -2.41. The molecule has 1 saturated heterocycles. The van der Waals surface area contributed by atoms with Crippen LogP contribution in [0.15, 0.2) is 77.4 Å². The number of benzene rings is 2. The van der Waals surface area contributed by atoms with E-state index in [0.29, 0.717) is 11.3 Å². The van der Waals surface area contributed by atoms with Gasteiger partial charge in [0.25, 0.3) is 5.56 Å². The summed E-state index contributed by atoms with van der Waals surface area (Å²) in [7, 11) is 5.87. The maximum atomic E-state index is 12.9. The molecule has 0 spiro atoms. The molecule has 0 amide bonds. The van der Waals surface area contributed by atoms with Gasteiger partial charge in [-0.25, -0.2) is 4.98 Å². The highest BCUT2D eigenvalue weighted by Crippen LogP contribution is 2.16. The quantitative estimate of drug-likeness (QED) is 0.635. The molecule has 2 radical (unpaired) electrons. The zero-order valence-electron chi connectivity index (χ0n) is 17.9. The predicted octanol–water partition coefficient (Wildman–Crippen LogP) is 3.01. The average Bonchev–Trinajstić information content (AvgIpc) is 2.77. The third-order valence-electron chi connectivity index (χ3n) is 5.60. The molecule has 5 nitrogen and oxygen atoms in total. The van der Waals surface area contributed by atoms with E-state index in [9.17, 15) is 4.79 Å². The molecule has 2 heterocycles. The Kier molecular flexibility index (Phi) is 6.68. The third kappa shape index (κ3) is 5.53. The molecule has 2 aromatic carbocycles. The maximum Gasteiger partial charge on any atom is 0.297 e. The minimum absolute atomic E-state index is 0.155. The van der Waals surface area contributed by atoms with Crippen LogP contribution in [-0.2, 0) is 0 Å². The van der Waals surface area contributed by atoms with Crippen molar-refractivity contribution in [3.05, 3.63) is 88.5 Å². The van der Waals surface area contributed by atoms with Crippen LogP contribution in [0.3, 0.4) is 0 Å². The summed E-state index contributed by atoms with van der Waals surface area (Å²) in [5, 5.41) is 3.37. The van der Waals surface area contributed by atoms with Crippen LogP contribution in [-0.4, -0.2) is 48.0 Å². The molecule has 1 fully saturated rings. The van der Waals surface area contributed by atoms with Gasteiger partial charge in [0, 0.05) is 43.8 Å². The maximum absolute atomic E-state index is 12.9. The molecule has 1 aliphatic rings. The minimum atomic E-state index is -0.155. The summed E-state index contributed by atoms with van der Waals surface area (Å²) in [6.45, 7) is 5.14. The second kappa shape index (κ2) is 9.79. The summed E-state index contributed by atoms with van der Waals surface area (Å²) in [4.78, 5) is 19.7. The largest absolute Gasteiger partial charge is 0.363 e. The Morgan fingerprint density at radius 2 is 1.94 bits per heavy atom. The Morgan fingerprint density at radius 3 is 2.68 bits per heavy atom. The van der Waals surface area contributed by atoms with Crippen LogP contribution < -0.4 is 16.3 Å². The molecule has 4 rings (SSSR count). The fraction of sp³-hybridized carbons (Fsp3) is 0.280. The fourth-order valence-electron chi connectivity index (χ4n) is 4.05. The van der Waals surface area contributed by atoms with Gasteiger partial charge in [0.1, 0.15) is 7.85 Å². The van der Waals surface area contributed by atoms with E-state index >= 15 is 0 Å². The molecule has 156 valence electrons. The number of nitrogens with one attached hydrogen (secondary N) is 1. The molecular formula is C25H27BN4O. The van der Waals surface area contributed by atoms with Gasteiger partial charge >= 0.3 is 0 Å². The molecule has 1 aliphatic heterocycles. The van der Waals surface area contributed by atoms with Crippen LogP contribution in [0.1, 0.15) is 25.3 Å². The number of hydrogen-bond donors (Lipinski definition) is 1. The zero-order valence-corrected chi connectivity index (χ0v) is 17.9. The molecule has 6 heteroatoms. The Morgan fingerprint density at radius 1 is 1.16 bits per heavy atom. The van der Waals surface area contributed by atoms with E-state index < -0.39 is 0 Å². The van der Waals surface area contributed by atoms with Crippen molar-refractivity contribution < 1.29 is 0 Å². The summed E-state index contributed by atoms with van der Waals surface area (Å²) >= 11 is 0. The number of rotatable bonds is 6. The first-order valence-corrected chi connectivity index (χ1v) is 10.7. The standard InChI is InChI=1S/C25H27BN4O/c1-19(16-20-6-3-2-4-7-20)18-29-13-10-22(11-14-29)28-24-25(31)30(15-12-27-24)23-9-5-8-21(26)17-23/h2-9,12,15-17,22H,10-11,13-14,18H2,1H3,(H,27,28)/b19-16+. The third-order valence-corrected chi connectivity index (χ3v) is 5.60. The normalized spacial score (nSPS) is 15.7. The lowest BCUT2D eigenvalue weighted by Gasteiger charge is -2.32. The van der Waals surface area contributed by atoms with E-state index in [4.69, 9.17) is 7.85 Å². The fourth-order valence-corrected chi connectivity index (χ4v) is 4.05. The second-order valence-corrected chi connectivity index (χ2v) is 8.14. The van der Waals surface area contributed by atoms with E-state index in [1.807, 2.05) is 18.2 Å². The minimum Gasteiger partial charge on any atom is -0.363 e. The first-order valence-electron chi connectivity index (χ1n) is 10.7. The molecule has 0 unspecified atom stereocenters. The summed E-state index contributed by atoms with van der Waals surface area (Å²) in [5.74, 6) is 0.392. The smallest absolute Gasteiger partial charge is 0.297 e. The van der Waals surface area contributed by atoms with Gasteiger partial charge in [-0.1, -0.05) is 59.6 Å². The SMILES string of the molecule is [B]c1cccc(-n2ccnc(NC3CCN(C/C(C)=C/c4ccccc4)CC3)c2=O)c1. The van der Waals surface area contributed by atoms with Crippen LogP contribution in [0.4, 0.5) is 5.82 Å². The van der Waals surface area contributed by atoms with Crippen molar-refractivity contribution in [2.75, 3.05) is 25.0 Å². The first-order chi connectivity index (χ1) is 15.1. The van der Waals surface area contributed by atoms with Crippen LogP contribution >= 0.6 is 0 Å². The molecule has 1 N–H and O–H groups in total. The van der Waals surface area contributed by atoms with Crippen molar-refractivity contribution in [2.24, 2.45) is 0 Å². The number of aromatic nitrogens is 2. The van der Waals surface area contributed by atoms with E-state index in [1.165, 1.54) is 11.1 Å². The summed E-state index contributed by atoms with van der Waals surface area (Å²) < 4.78 is 1.58. The molecule has 1 aromatic heterocycles. The van der Waals surface area contributed by atoms with Crippen LogP contribution in [0.25, 0.3) is 11.8 Å². The van der Waals surface area contributed by atoms with Crippen molar-refractivity contribution in [1.29, 1.82) is 0 Å². The Bertz CT molecular complexity index is 1100. The van der Waals surface area contributed by atoms with E-state index in [2.05, 4.69) is 52.5 Å². The van der Waals surface area contributed by atoms with Gasteiger partial charge in [0.05, 0.1) is 0 Å². The van der Waals surface area contributed by atoms with Crippen LogP contribution in [0.5, 0.6) is 0 Å². The van der Waals surface area contributed by atoms with E-state index in [1.54, 1.807) is 29.1 Å². The lowest BCUT2D eigenvalue weighted by atomic mass is 9.96.